The Morgan fingerprint density at radius 2 is 0.692 bits per heavy atom. The summed E-state index contributed by atoms with van der Waals surface area (Å²) >= 11 is 0. The Kier molecular flexibility index (Phi) is 71500. The molecule has 0 rings (SSSR count). The van der Waals surface area contributed by atoms with Crippen LogP contribution >= 0.6 is 24.6 Å². The van der Waals surface area contributed by atoms with E-state index in [9.17, 15) is 0 Å². The molecule has 0 bridgehead atoms. The van der Waals surface area contributed by atoms with Gasteiger partial charge in [-0.15, -0.1) is 18.9 Å². The van der Waals surface area contributed by atoms with Crippen LogP contribution in [0.25, 0.3) is 0 Å². The smallest absolute Gasteiger partial charge is 0 e. The third-order valence-corrected chi connectivity index (χ3v) is 3.82. The Morgan fingerprint density at radius 3 is 0.692 bits per heavy atom. The standard InChI is InChI=1S/C4H6P3.6Rf/c1-5-4(6-2)7-3;;;;;;/h1-3H2;;;;;;/q-1;;;;;;. The van der Waals surface area contributed by atoms with Crippen molar-refractivity contribution in [3.05, 3.63) is 5.14 Å². The first-order valence-electron chi connectivity index (χ1n) is 1.62. The largest absolute Gasteiger partial charge is 0.282 e. The molecule has 0 N–H and O–H groups in total. The second-order valence-corrected chi connectivity index (χ2v) is 4.12. The van der Waals surface area contributed by atoms with Gasteiger partial charge in [-0.1, -0.05) is 0 Å². The molecular formula is C4H6P3Rf6-. The van der Waals surface area contributed by atoms with Gasteiger partial charge in [-0.2, -0.15) is 5.14 Å². The molecule has 50 valence electrons. The topological polar surface area (TPSA) is 0 Å². The maximum absolute atomic E-state index is 3.67. The Hall–Kier alpha value is -5.49. The van der Waals surface area contributed by atoms with Crippen LogP contribution in [0.2, 0.25) is 0 Å². The zero-order valence-electron chi connectivity index (χ0n) is 8.21. The second-order valence-electron chi connectivity index (χ2n) is 0.774. The molecule has 9 heteroatoms. The van der Waals surface area contributed by atoms with Crippen molar-refractivity contribution in [2.75, 3.05) is 0 Å². The van der Waals surface area contributed by atoms with Crippen LogP contribution in [0.1, 0.15) is 0 Å². The Bertz CT molecular complexity index is 80.9. The first-order valence-corrected chi connectivity index (χ1v) is 4.86. The summed E-state index contributed by atoms with van der Waals surface area (Å²) in [5, 5.41) is 1.26. The van der Waals surface area contributed by atoms with E-state index in [-0.39, 0.29) is 0 Å². The summed E-state index contributed by atoms with van der Waals surface area (Å²) in [6, 6.07) is 0. The molecule has 0 saturated carbocycles. The molecule has 0 atom stereocenters. The predicted molar refractivity (Wildman–Crippen MR) is 45.4 cm³/mol. The predicted octanol–water partition coefficient (Wildman–Crippen LogP) is 2.57. The zero-order valence-corrected chi connectivity index (χ0v) is 49.3. The maximum Gasteiger partial charge on any atom is 0 e. The molecule has 0 spiro atoms. The van der Waals surface area contributed by atoms with Gasteiger partial charge in [0.25, 0.3) is 0 Å². The van der Waals surface area contributed by atoms with Crippen molar-refractivity contribution in [2.24, 2.45) is 0 Å². The van der Waals surface area contributed by atoms with Gasteiger partial charge in [-0.05, 0) is 0 Å². The van der Waals surface area contributed by atoms with E-state index in [2.05, 4.69) is 18.9 Å². The van der Waals surface area contributed by atoms with E-state index in [0.29, 0.717) is 0 Å². The number of rotatable bonds is 3. The Morgan fingerprint density at radius 1 is 0.538 bits per heavy atom. The van der Waals surface area contributed by atoms with E-state index >= 15 is 0 Å². The van der Waals surface area contributed by atoms with E-state index in [4.69, 9.17) is 0 Å². The summed E-state index contributed by atoms with van der Waals surface area (Å²) in [6.07, 6.45) is 11.0. The van der Waals surface area contributed by atoms with Crippen molar-refractivity contribution in [1.29, 1.82) is 0 Å². The SMILES string of the molecule is C=P[C-](P=C)P=C.[Rf].[Rf].[Rf].[Rf].[Rf].[Rf]. The third-order valence-electron chi connectivity index (χ3n) is 0.424. The normalized spacial score (nSPS) is 6.23. The molecule has 0 heterocycles. The van der Waals surface area contributed by atoms with Crippen LogP contribution in [0.4, 0.5) is 0 Å². The van der Waals surface area contributed by atoms with E-state index in [1.807, 2.05) is 0 Å². The molecule has 13 heavy (non-hydrogen) atoms. The molecule has 0 aliphatic carbocycles. The van der Waals surface area contributed by atoms with E-state index in [1.165, 1.54) is 5.14 Å². The van der Waals surface area contributed by atoms with Gasteiger partial charge in [0.1, 0.15) is 0 Å². The second kappa shape index (κ2) is 760. The van der Waals surface area contributed by atoms with Crippen molar-refractivity contribution in [3.8, 4) is 0 Å². The van der Waals surface area contributed by atoms with Crippen LogP contribution in [0.15, 0.2) is 0 Å². The van der Waals surface area contributed by atoms with Crippen LogP contribution < -0.4 is 0 Å². The summed E-state index contributed by atoms with van der Waals surface area (Å²) in [7, 11) is 3.23. The molecule has 0 aliphatic heterocycles. The Labute approximate surface area is 49.4 Å². The average molecular weight is 1750 g/mol. The van der Waals surface area contributed by atoms with Crippen molar-refractivity contribution in [3.63, 3.8) is 0 Å². The monoisotopic (exact) mass is 1750 g/mol. The van der Waals surface area contributed by atoms with E-state index in [1.54, 1.807) is 0 Å². The van der Waals surface area contributed by atoms with Crippen LogP contribution in [0.5, 0.6) is 0 Å². The molecule has 0 aliphatic rings. The molecule has 0 aromatic rings. The summed E-state index contributed by atoms with van der Waals surface area (Å²) < 4.78 is 0. The molecule has 0 fully saturated rings. The van der Waals surface area contributed by atoms with Gasteiger partial charge in [0, 0.05) is 0 Å². The first-order chi connectivity index (χ1) is 3.35. The summed E-state index contributed by atoms with van der Waals surface area (Å²) in [4.78, 5) is 0. The van der Waals surface area contributed by atoms with E-state index in [0.717, 1.165) is 24.6 Å². The van der Waals surface area contributed by atoms with Gasteiger partial charge in [0.05, 0.1) is 0 Å². The molecule has 0 saturated heterocycles. The maximum atomic E-state index is 3.67. The van der Waals surface area contributed by atoms with Gasteiger partial charge in [0.2, 0.25) is 0 Å². The van der Waals surface area contributed by atoms with Crippen molar-refractivity contribution >= 4 is 43.5 Å². The first kappa shape index (κ1) is 1220. The minimum atomic E-state index is 0. The fourth-order valence-electron chi connectivity index (χ4n) is 0.150. The fourth-order valence-corrected chi connectivity index (χ4v) is 1.35. The minimum Gasteiger partial charge on any atom is -0.282 e. The van der Waals surface area contributed by atoms with Crippen LogP contribution in [-0.4, -0.2) is 18.9 Å². The van der Waals surface area contributed by atoms with Crippen LogP contribution in [0.3, 0.4) is 0 Å². The van der Waals surface area contributed by atoms with Crippen LogP contribution in [0, 0.1) is 5.14 Å². The number of hydrogen-bond donors (Lipinski definition) is 0. The fraction of sp³-hybridized carbons (Fsp3) is 0. The van der Waals surface area contributed by atoms with Gasteiger partial charge in [0.15, 0.2) is 0 Å². The molecule has 0 aromatic carbocycles. The molecule has 0 radical (unpaired) electrons. The van der Waals surface area contributed by atoms with Gasteiger partial charge < -0.3 is 0 Å². The van der Waals surface area contributed by atoms with Gasteiger partial charge >= 0.3 is 0 Å². The van der Waals surface area contributed by atoms with Crippen molar-refractivity contribution in [1.82, 2.24) is 0 Å². The van der Waals surface area contributed by atoms with Gasteiger partial charge in [-0.25, -0.2) is 0 Å². The quantitative estimate of drug-likeness (QED) is 0.302. The Balaban J connectivity index is -0.0000000120. The van der Waals surface area contributed by atoms with E-state index < -0.39 is 0 Å². The van der Waals surface area contributed by atoms with Crippen molar-refractivity contribution < 1.29 is 0 Å². The van der Waals surface area contributed by atoms with Gasteiger partial charge in [-0.3, -0.25) is 24.6 Å². The minimum absolute atomic E-state index is 0. The number of hydrogen-bond acceptors (Lipinski definition) is 0. The van der Waals surface area contributed by atoms with Crippen molar-refractivity contribution in [2.45, 2.75) is 0 Å². The zero-order chi connectivity index (χ0) is 5.70. The molecule has 0 unspecified atom stereocenters. The molecule has 0 aromatic heterocycles. The summed E-state index contributed by atoms with van der Waals surface area (Å²) in [6.45, 7) is 0. The summed E-state index contributed by atoms with van der Waals surface area (Å²) in [5.41, 5.74) is 0. The molecule has 0 nitrogen and oxygen atoms in total. The average Bonchev–Trinajstić information content (AvgIpc) is 1.72. The van der Waals surface area contributed by atoms with Crippen LogP contribution in [-0.2, 0) is 0 Å². The molecule has 0 amide bonds. The third kappa shape index (κ3) is 509. The molecular weight excluding hydrogens is 1740 g/mol. The summed E-state index contributed by atoms with van der Waals surface area (Å²) in [5.74, 6) is 0.